The molecule has 71 heavy (non-hydrogen) atoms. The number of halogens is 3. The molecule has 4 amide bonds. The summed E-state index contributed by atoms with van der Waals surface area (Å²) in [6.07, 6.45) is 16.9. The molecule has 4 N–H and O–H groups in total. The fraction of sp³-hybridized carbons (Fsp3) is 0.192. The quantitative estimate of drug-likeness (QED) is 0.0872. The number of H-pyrrole nitrogens is 2. The summed E-state index contributed by atoms with van der Waals surface area (Å²) < 4.78 is 17.6. The highest BCUT2D eigenvalue weighted by atomic mass is 127. The van der Waals surface area contributed by atoms with Gasteiger partial charge in [-0.15, -0.1) is 12.4 Å². The van der Waals surface area contributed by atoms with Gasteiger partial charge in [0.1, 0.15) is 29.4 Å². The predicted molar refractivity (Wildman–Crippen MR) is 282 cm³/mol. The van der Waals surface area contributed by atoms with Crippen LogP contribution >= 0.6 is 46.6 Å². The first kappa shape index (κ1) is 54.6. The summed E-state index contributed by atoms with van der Waals surface area (Å²) >= 11 is 7.67. The van der Waals surface area contributed by atoms with E-state index in [-0.39, 0.29) is 41.5 Å². The topological polar surface area (TPSA) is 214 Å². The molecule has 0 bridgehead atoms. The molecule has 368 valence electrons. The average molecular weight is 1110 g/mol. The van der Waals surface area contributed by atoms with Gasteiger partial charge in [-0.1, -0.05) is 48.0 Å². The third-order valence-corrected chi connectivity index (χ3v) is 12.1. The number of nitrogens with one attached hydrogen (secondary N) is 4. The van der Waals surface area contributed by atoms with Gasteiger partial charge in [0.25, 0.3) is 11.8 Å². The monoisotopic (exact) mass is 1110 g/mol. The Morgan fingerprint density at radius 1 is 0.775 bits per heavy atom. The summed E-state index contributed by atoms with van der Waals surface area (Å²) in [4.78, 5) is 78.7. The molecule has 2 aliphatic heterocycles. The number of imide groups is 1. The van der Waals surface area contributed by atoms with E-state index in [0.29, 0.717) is 35.4 Å². The first-order valence-corrected chi connectivity index (χ1v) is 23.1. The predicted octanol–water partition coefficient (Wildman–Crippen LogP) is 9.24. The molecule has 0 saturated carbocycles. The van der Waals surface area contributed by atoms with Crippen LogP contribution in [0, 0.1) is 38.2 Å². The molecule has 1 atom stereocenters. The van der Waals surface area contributed by atoms with Crippen LogP contribution in [-0.4, -0.2) is 61.3 Å². The van der Waals surface area contributed by atoms with Gasteiger partial charge in [0.2, 0.25) is 0 Å². The molecule has 0 unspecified atom stereocenters. The van der Waals surface area contributed by atoms with Crippen LogP contribution in [0.1, 0.15) is 55.1 Å². The second-order valence-electron chi connectivity index (χ2n) is 16.0. The number of furan rings is 1. The van der Waals surface area contributed by atoms with E-state index in [1.165, 1.54) is 23.6 Å². The number of amides is 4. The van der Waals surface area contributed by atoms with Gasteiger partial charge in [-0.25, -0.2) is 4.79 Å². The van der Waals surface area contributed by atoms with Crippen LogP contribution in [-0.2, 0) is 23.5 Å². The Bertz CT molecular complexity index is 3200. The number of urea groups is 1. The molecule has 16 nitrogen and oxygen atoms in total. The standard InChI is InChI=1S/C21H18N4O5.C13H13NO.C6H6ClN.C6H6INO.C6H7NO.ClH/c1-11-7-22-8-13-5-16(30-17(11)13)21(19(27)23-20(28)24-21)10-25-9-12-3-4-14(29-2)6-15(12)18(25)26;1-11-9-14-8-7-13(11)15-10-12-5-3-2-4-6-12;1-5-4-8-3-2-6(5)7;1-4-2-8-3-5(7)6(4)9;1-5-4-7-3-2-6(5)8;/h3-8H,9-10H2,1-2H3,(H2,23,24,27,28);2-9H,10H2,1H3;2-4H,1H3;2-3H,1H3,(H,8,9);2-4H,1H3,(H,7,8);1H/t21-;;;;;/m0...../s1. The van der Waals surface area contributed by atoms with Crippen molar-refractivity contribution in [2.24, 2.45) is 0 Å². The molecule has 2 aromatic carbocycles. The summed E-state index contributed by atoms with van der Waals surface area (Å²) in [6.45, 7) is 10.2. The first-order chi connectivity index (χ1) is 33.6. The second-order valence-corrected chi connectivity index (χ2v) is 17.6. The first-order valence-electron chi connectivity index (χ1n) is 21.6. The fourth-order valence-corrected chi connectivity index (χ4v) is 7.63. The number of pyridine rings is 5. The van der Waals surface area contributed by atoms with Crippen molar-refractivity contribution in [3.05, 3.63) is 214 Å². The van der Waals surface area contributed by atoms with Crippen molar-refractivity contribution in [3.63, 3.8) is 0 Å². The SMILES string of the molecule is COc1ccc2c(c1)C(=O)N(C[C@@]1(c3cc4cncc(C)c4o3)NC(=O)NC1=O)C2.Cc1c[nH]cc(I)c1=O.Cc1c[nH]ccc1=O.Cc1cnccc1Cl.Cc1cnccc1OCc1ccccc1.Cl. The zero-order valence-electron chi connectivity index (χ0n) is 39.5. The number of rotatable bonds is 7. The van der Waals surface area contributed by atoms with Crippen LogP contribution in [0.2, 0.25) is 5.02 Å². The van der Waals surface area contributed by atoms with Crippen molar-refractivity contribution < 1.29 is 28.3 Å². The minimum atomic E-state index is -1.54. The van der Waals surface area contributed by atoms with Crippen molar-refractivity contribution in [2.75, 3.05) is 13.7 Å². The van der Waals surface area contributed by atoms with E-state index in [0.717, 1.165) is 47.7 Å². The van der Waals surface area contributed by atoms with E-state index in [1.54, 1.807) is 100 Å². The minimum absolute atomic E-state index is 0. The lowest BCUT2D eigenvalue weighted by atomic mass is 9.95. The summed E-state index contributed by atoms with van der Waals surface area (Å²) in [6, 6.07) is 21.6. The van der Waals surface area contributed by atoms with E-state index in [9.17, 15) is 24.0 Å². The van der Waals surface area contributed by atoms with Crippen LogP contribution in [0.4, 0.5) is 4.79 Å². The zero-order valence-corrected chi connectivity index (χ0v) is 43.3. The lowest BCUT2D eigenvalue weighted by Gasteiger charge is -2.29. The molecule has 0 radical (unpaired) electrons. The maximum absolute atomic E-state index is 13.0. The number of benzene rings is 2. The highest BCUT2D eigenvalue weighted by Crippen LogP contribution is 2.35. The van der Waals surface area contributed by atoms with Crippen molar-refractivity contribution >= 4 is 75.4 Å². The number of hydrogen-bond acceptors (Lipinski definition) is 11. The third-order valence-electron chi connectivity index (χ3n) is 10.8. The molecule has 8 aromatic rings. The minimum Gasteiger partial charge on any atom is -0.497 e. The Morgan fingerprint density at radius 3 is 2.06 bits per heavy atom. The van der Waals surface area contributed by atoms with Crippen LogP contribution in [0.15, 0.2) is 149 Å². The molecule has 19 heteroatoms. The van der Waals surface area contributed by atoms with E-state index >= 15 is 0 Å². The number of fused-ring (bicyclic) bond motifs is 2. The number of methoxy groups -OCH3 is 1. The number of carbonyl (C=O) groups is 3. The Balaban J connectivity index is 0.000000189. The molecule has 0 aliphatic carbocycles. The Labute approximate surface area is 434 Å². The molecule has 10 rings (SSSR count). The van der Waals surface area contributed by atoms with Gasteiger partial charge in [0, 0.05) is 113 Å². The van der Waals surface area contributed by atoms with Gasteiger partial charge in [-0.05, 0) is 104 Å². The third kappa shape index (κ3) is 14.1. The van der Waals surface area contributed by atoms with Crippen molar-refractivity contribution in [1.82, 2.24) is 40.5 Å². The maximum Gasteiger partial charge on any atom is 0.322 e. The van der Waals surface area contributed by atoms with Gasteiger partial charge in [-0.2, -0.15) is 0 Å². The highest BCUT2D eigenvalue weighted by Gasteiger charge is 2.53. The number of ether oxygens (including phenoxy) is 2. The second kappa shape index (κ2) is 25.5. The van der Waals surface area contributed by atoms with Crippen LogP contribution in [0.5, 0.6) is 11.5 Å². The lowest BCUT2D eigenvalue weighted by molar-refractivity contribution is -0.125. The van der Waals surface area contributed by atoms with E-state index in [2.05, 4.69) is 47.7 Å². The van der Waals surface area contributed by atoms with Gasteiger partial charge < -0.3 is 34.1 Å². The summed E-state index contributed by atoms with van der Waals surface area (Å²) in [7, 11) is 1.53. The summed E-state index contributed by atoms with van der Waals surface area (Å²) in [5, 5.41) is 6.43. The number of aromatic amines is 2. The van der Waals surface area contributed by atoms with Gasteiger partial charge in [0.05, 0.1) is 17.2 Å². The zero-order chi connectivity index (χ0) is 50.4. The molecule has 1 saturated heterocycles. The lowest BCUT2D eigenvalue weighted by Crippen LogP contribution is -2.52. The highest BCUT2D eigenvalue weighted by molar-refractivity contribution is 14.1. The number of aryl methyl sites for hydroxylation is 5. The van der Waals surface area contributed by atoms with Crippen LogP contribution in [0.3, 0.4) is 0 Å². The molecule has 2 aliphatic rings. The van der Waals surface area contributed by atoms with E-state index in [4.69, 9.17) is 25.5 Å². The van der Waals surface area contributed by atoms with E-state index in [1.807, 2.05) is 73.7 Å². The normalized spacial score (nSPS) is 14.0. The van der Waals surface area contributed by atoms with Gasteiger partial charge in [-0.3, -0.25) is 39.4 Å². The van der Waals surface area contributed by atoms with Gasteiger partial charge in [0.15, 0.2) is 16.4 Å². The van der Waals surface area contributed by atoms with Crippen molar-refractivity contribution in [1.29, 1.82) is 0 Å². The summed E-state index contributed by atoms with van der Waals surface area (Å²) in [5.41, 5.74) is 6.17. The molecular formula is C52H51Cl2IN8O8. The molecule has 6 aromatic heterocycles. The maximum atomic E-state index is 13.0. The Hall–Kier alpha value is -7.35. The average Bonchev–Trinajstić information content (AvgIpc) is 4.03. The Morgan fingerprint density at radius 2 is 1.48 bits per heavy atom. The largest absolute Gasteiger partial charge is 0.497 e. The molecule has 0 spiro atoms. The smallest absolute Gasteiger partial charge is 0.322 e. The van der Waals surface area contributed by atoms with E-state index < -0.39 is 17.5 Å². The van der Waals surface area contributed by atoms with Crippen molar-refractivity contribution in [2.45, 2.75) is 53.3 Å². The Kier molecular flexibility index (Phi) is 19.6. The number of carbonyl (C=O) groups excluding carboxylic acids is 3. The number of aromatic nitrogens is 5. The van der Waals surface area contributed by atoms with Crippen molar-refractivity contribution in [3.8, 4) is 11.5 Å². The molecule has 1 fully saturated rings. The number of nitrogens with zero attached hydrogens (tertiary/aromatic N) is 4. The molecule has 8 heterocycles. The summed E-state index contributed by atoms with van der Waals surface area (Å²) in [5.74, 6) is 0.905. The fourth-order valence-electron chi connectivity index (χ4n) is 6.92. The number of hydrogen-bond donors (Lipinski definition) is 4. The van der Waals surface area contributed by atoms with Crippen LogP contribution < -0.4 is 31.0 Å². The van der Waals surface area contributed by atoms with Gasteiger partial charge >= 0.3 is 6.03 Å². The van der Waals surface area contributed by atoms with Crippen LogP contribution in [0.25, 0.3) is 11.0 Å². The molecular weight excluding hydrogens is 1060 g/mol.